The molecule has 1 fully saturated rings. The van der Waals surface area contributed by atoms with Gasteiger partial charge < -0.3 is 14.1 Å². The summed E-state index contributed by atoms with van der Waals surface area (Å²) in [6.07, 6.45) is 8.82. The number of ketones is 1. The first-order valence-corrected chi connectivity index (χ1v) is 8.10. The van der Waals surface area contributed by atoms with E-state index in [1.807, 2.05) is 0 Å². The van der Waals surface area contributed by atoms with Crippen molar-refractivity contribution in [2.45, 2.75) is 97.1 Å². The van der Waals surface area contributed by atoms with Gasteiger partial charge in [-0.3, -0.25) is 0 Å². The third-order valence-electron chi connectivity index (χ3n) is 4.52. The second-order valence-electron chi connectivity index (χ2n) is 7.05. The molecule has 0 radical (unpaired) electrons. The van der Waals surface area contributed by atoms with Crippen LogP contribution < -0.4 is 0 Å². The van der Waals surface area contributed by atoms with Gasteiger partial charge in [-0.05, 0) is 47.4 Å². The van der Waals surface area contributed by atoms with Crippen molar-refractivity contribution >= 4 is 12.9 Å². The first-order valence-electron chi connectivity index (χ1n) is 8.10. The highest BCUT2D eigenvalue weighted by atomic mass is 16.7. The van der Waals surface area contributed by atoms with E-state index in [1.165, 1.54) is 25.7 Å². The SMILES string of the molecule is CC(=O)CCCCCCCCB1OC(C)(C)C(C)(C)O1. The van der Waals surface area contributed by atoms with Crippen LogP contribution in [0.25, 0.3) is 0 Å². The monoisotopic (exact) mass is 282 g/mol. The molecular formula is C16H31BO3. The van der Waals surface area contributed by atoms with Gasteiger partial charge in [0.25, 0.3) is 0 Å². The molecule has 1 aliphatic heterocycles. The number of Topliss-reactive ketones (excluding diaryl/α,β-unsaturated/α-hetero) is 1. The van der Waals surface area contributed by atoms with Crippen molar-refractivity contribution in [1.82, 2.24) is 0 Å². The quantitative estimate of drug-likeness (QED) is 0.464. The lowest BCUT2D eigenvalue weighted by Gasteiger charge is -2.32. The molecule has 1 aliphatic rings. The average Bonchev–Trinajstić information content (AvgIpc) is 2.50. The van der Waals surface area contributed by atoms with E-state index in [-0.39, 0.29) is 18.3 Å². The molecule has 0 aromatic carbocycles. The fraction of sp³-hybridized carbons (Fsp3) is 0.938. The zero-order valence-corrected chi connectivity index (χ0v) is 14.0. The lowest BCUT2D eigenvalue weighted by Crippen LogP contribution is -2.41. The molecule has 0 atom stereocenters. The Morgan fingerprint density at radius 1 is 0.850 bits per heavy atom. The van der Waals surface area contributed by atoms with Crippen LogP contribution in [0.2, 0.25) is 6.32 Å². The minimum absolute atomic E-state index is 0.0438. The third kappa shape index (κ3) is 5.57. The molecule has 20 heavy (non-hydrogen) atoms. The van der Waals surface area contributed by atoms with E-state index in [4.69, 9.17) is 9.31 Å². The second-order valence-corrected chi connectivity index (χ2v) is 7.05. The summed E-state index contributed by atoms with van der Waals surface area (Å²) in [6, 6.07) is 0. The molecule has 1 heterocycles. The van der Waals surface area contributed by atoms with Crippen LogP contribution in [0.5, 0.6) is 0 Å². The molecule has 3 nitrogen and oxygen atoms in total. The van der Waals surface area contributed by atoms with Gasteiger partial charge in [-0.25, -0.2) is 0 Å². The predicted octanol–water partition coefficient (Wildman–Crippen LogP) is 4.40. The Balaban J connectivity index is 2.02. The lowest BCUT2D eigenvalue weighted by molar-refractivity contribution is -0.117. The van der Waals surface area contributed by atoms with Gasteiger partial charge in [0.05, 0.1) is 11.2 Å². The number of hydrogen-bond donors (Lipinski definition) is 0. The van der Waals surface area contributed by atoms with Gasteiger partial charge in [0, 0.05) is 6.42 Å². The highest BCUT2D eigenvalue weighted by molar-refractivity contribution is 6.45. The molecule has 1 rings (SSSR count). The van der Waals surface area contributed by atoms with Crippen LogP contribution in [0.3, 0.4) is 0 Å². The first kappa shape index (κ1) is 17.7. The Morgan fingerprint density at radius 2 is 1.30 bits per heavy atom. The average molecular weight is 282 g/mol. The van der Waals surface area contributed by atoms with Crippen LogP contribution in [0, 0.1) is 0 Å². The molecule has 0 spiro atoms. The number of hydrogen-bond acceptors (Lipinski definition) is 3. The summed E-state index contributed by atoms with van der Waals surface area (Å²) >= 11 is 0. The Labute approximate surface area is 124 Å². The topological polar surface area (TPSA) is 35.5 Å². The summed E-state index contributed by atoms with van der Waals surface area (Å²) in [5.74, 6) is 0.311. The molecule has 0 amide bonds. The number of carbonyl (C=O) groups excluding carboxylic acids is 1. The Kier molecular flexibility index (Phi) is 6.73. The summed E-state index contributed by atoms with van der Waals surface area (Å²) in [7, 11) is -0.0438. The van der Waals surface area contributed by atoms with E-state index in [2.05, 4.69) is 27.7 Å². The number of rotatable bonds is 9. The number of unbranched alkanes of at least 4 members (excludes halogenated alkanes) is 5. The van der Waals surface area contributed by atoms with Crippen LogP contribution in [-0.2, 0) is 14.1 Å². The maximum atomic E-state index is 10.8. The van der Waals surface area contributed by atoms with Gasteiger partial charge in [-0.2, -0.15) is 0 Å². The summed E-state index contributed by atoms with van der Waals surface area (Å²) < 4.78 is 12.0. The highest BCUT2D eigenvalue weighted by Crippen LogP contribution is 2.38. The Hall–Kier alpha value is -0.345. The van der Waals surface area contributed by atoms with Gasteiger partial charge in [0.1, 0.15) is 5.78 Å². The van der Waals surface area contributed by atoms with Gasteiger partial charge in [-0.15, -0.1) is 0 Å². The largest absolute Gasteiger partial charge is 0.457 e. The van der Waals surface area contributed by atoms with Crippen molar-refractivity contribution < 1.29 is 14.1 Å². The molecular weight excluding hydrogens is 251 g/mol. The van der Waals surface area contributed by atoms with E-state index in [0.29, 0.717) is 5.78 Å². The minimum Gasteiger partial charge on any atom is -0.403 e. The molecule has 116 valence electrons. The molecule has 4 heteroatoms. The van der Waals surface area contributed by atoms with Crippen LogP contribution >= 0.6 is 0 Å². The van der Waals surface area contributed by atoms with Crippen molar-refractivity contribution in [3.05, 3.63) is 0 Å². The summed E-state index contributed by atoms with van der Waals surface area (Å²) in [5.41, 5.74) is -0.408. The Morgan fingerprint density at radius 3 is 1.80 bits per heavy atom. The van der Waals surface area contributed by atoms with E-state index in [0.717, 1.165) is 25.6 Å². The van der Waals surface area contributed by atoms with Gasteiger partial charge in [0.2, 0.25) is 0 Å². The molecule has 0 aromatic heterocycles. The van der Waals surface area contributed by atoms with Crippen molar-refractivity contribution in [3.63, 3.8) is 0 Å². The fourth-order valence-corrected chi connectivity index (χ4v) is 2.48. The van der Waals surface area contributed by atoms with Crippen molar-refractivity contribution in [2.24, 2.45) is 0 Å². The first-order chi connectivity index (χ1) is 9.24. The fourth-order valence-electron chi connectivity index (χ4n) is 2.48. The standard InChI is InChI=1S/C16H31BO3/c1-14(18)12-10-8-6-7-9-11-13-17-19-15(2,3)16(4,5)20-17/h6-13H2,1-5H3. The molecule has 1 saturated heterocycles. The van der Waals surface area contributed by atoms with Crippen molar-refractivity contribution in [2.75, 3.05) is 0 Å². The minimum atomic E-state index is -0.204. The second kappa shape index (κ2) is 7.60. The highest BCUT2D eigenvalue weighted by Gasteiger charge is 2.50. The summed E-state index contributed by atoms with van der Waals surface area (Å²) in [5, 5.41) is 0. The van der Waals surface area contributed by atoms with Crippen molar-refractivity contribution in [1.29, 1.82) is 0 Å². The van der Waals surface area contributed by atoms with Crippen LogP contribution in [0.15, 0.2) is 0 Å². The van der Waals surface area contributed by atoms with Gasteiger partial charge in [-0.1, -0.05) is 32.1 Å². The molecule has 0 bridgehead atoms. The lowest BCUT2D eigenvalue weighted by atomic mass is 9.82. The number of carbonyl (C=O) groups is 1. The van der Waals surface area contributed by atoms with E-state index < -0.39 is 0 Å². The molecule has 0 aromatic rings. The molecule has 0 N–H and O–H groups in total. The van der Waals surface area contributed by atoms with E-state index in [9.17, 15) is 4.79 Å². The van der Waals surface area contributed by atoms with E-state index in [1.54, 1.807) is 6.92 Å². The van der Waals surface area contributed by atoms with Crippen LogP contribution in [-0.4, -0.2) is 24.1 Å². The zero-order valence-electron chi connectivity index (χ0n) is 14.0. The zero-order chi connectivity index (χ0) is 15.2. The van der Waals surface area contributed by atoms with Crippen molar-refractivity contribution in [3.8, 4) is 0 Å². The Bertz CT molecular complexity index is 297. The molecule has 0 aliphatic carbocycles. The maximum Gasteiger partial charge on any atom is 0.457 e. The summed E-state index contributed by atoms with van der Waals surface area (Å²) in [6.45, 7) is 10.1. The third-order valence-corrected chi connectivity index (χ3v) is 4.52. The van der Waals surface area contributed by atoms with Gasteiger partial charge >= 0.3 is 7.12 Å². The van der Waals surface area contributed by atoms with Crippen LogP contribution in [0.4, 0.5) is 0 Å². The summed E-state index contributed by atoms with van der Waals surface area (Å²) in [4.78, 5) is 10.8. The molecule has 0 saturated carbocycles. The predicted molar refractivity (Wildman–Crippen MR) is 83.9 cm³/mol. The van der Waals surface area contributed by atoms with Crippen LogP contribution in [0.1, 0.15) is 79.6 Å². The maximum absolute atomic E-state index is 10.8. The normalized spacial score (nSPS) is 20.4. The van der Waals surface area contributed by atoms with E-state index >= 15 is 0 Å². The van der Waals surface area contributed by atoms with Gasteiger partial charge in [0.15, 0.2) is 0 Å². The molecule has 0 unspecified atom stereocenters. The smallest absolute Gasteiger partial charge is 0.403 e.